The third kappa shape index (κ3) is 4.37. The Bertz CT molecular complexity index is 417. The van der Waals surface area contributed by atoms with Gasteiger partial charge < -0.3 is 10.1 Å². The van der Waals surface area contributed by atoms with Gasteiger partial charge in [0.25, 0.3) is 0 Å². The first-order valence-electron chi connectivity index (χ1n) is 7.48. The molecule has 1 aromatic rings. The maximum absolute atomic E-state index is 6.18. The van der Waals surface area contributed by atoms with Crippen LogP contribution in [0.15, 0.2) is 18.2 Å². The van der Waals surface area contributed by atoms with Crippen molar-refractivity contribution >= 4 is 11.6 Å². The molecule has 3 nitrogen and oxygen atoms in total. The maximum atomic E-state index is 6.18. The smallest absolute Gasteiger partial charge is 0.137 e. The normalized spacial score (nSPS) is 17.4. The molecule has 1 fully saturated rings. The summed E-state index contributed by atoms with van der Waals surface area (Å²) < 4.78 is 5.19. The molecule has 112 valence electrons. The maximum Gasteiger partial charge on any atom is 0.137 e. The number of nitrogens with one attached hydrogen (secondary N) is 1. The van der Waals surface area contributed by atoms with Crippen molar-refractivity contribution in [1.82, 2.24) is 10.2 Å². The van der Waals surface area contributed by atoms with E-state index in [0.717, 1.165) is 24.8 Å². The second-order valence-electron chi connectivity index (χ2n) is 5.50. The molecule has 0 amide bonds. The molecule has 0 aromatic heterocycles. The molecule has 0 bridgehead atoms. The molecule has 0 unspecified atom stereocenters. The van der Waals surface area contributed by atoms with E-state index in [1.54, 1.807) is 7.11 Å². The lowest BCUT2D eigenvalue weighted by Gasteiger charge is -2.32. The number of hydrogen-bond donors (Lipinski definition) is 1. The molecule has 0 atom stereocenters. The van der Waals surface area contributed by atoms with Crippen LogP contribution < -0.4 is 10.1 Å². The Morgan fingerprint density at radius 3 is 2.70 bits per heavy atom. The minimum absolute atomic E-state index is 0.701. The molecule has 1 heterocycles. The quantitative estimate of drug-likeness (QED) is 0.873. The van der Waals surface area contributed by atoms with Gasteiger partial charge in [-0.1, -0.05) is 24.6 Å². The van der Waals surface area contributed by atoms with Crippen LogP contribution in [0.5, 0.6) is 5.75 Å². The minimum atomic E-state index is 0.701. The van der Waals surface area contributed by atoms with Crippen LogP contribution in [0.2, 0.25) is 5.02 Å². The van der Waals surface area contributed by atoms with Crippen molar-refractivity contribution in [3.63, 3.8) is 0 Å². The molecule has 0 aliphatic carbocycles. The summed E-state index contributed by atoms with van der Waals surface area (Å²) in [4.78, 5) is 2.51. The van der Waals surface area contributed by atoms with Gasteiger partial charge in [0, 0.05) is 6.54 Å². The van der Waals surface area contributed by atoms with E-state index in [1.165, 1.54) is 38.0 Å². The fraction of sp³-hybridized carbons (Fsp3) is 0.625. The Morgan fingerprint density at radius 2 is 2.10 bits per heavy atom. The Kier molecular flexibility index (Phi) is 6.14. The van der Waals surface area contributed by atoms with Gasteiger partial charge in [0.05, 0.1) is 12.1 Å². The van der Waals surface area contributed by atoms with Gasteiger partial charge in [0.2, 0.25) is 0 Å². The highest BCUT2D eigenvalue weighted by Crippen LogP contribution is 2.26. The van der Waals surface area contributed by atoms with Gasteiger partial charge in [-0.3, -0.25) is 4.90 Å². The van der Waals surface area contributed by atoms with Crippen molar-refractivity contribution in [2.45, 2.75) is 26.3 Å². The third-order valence-electron chi connectivity index (χ3n) is 4.01. The van der Waals surface area contributed by atoms with E-state index in [2.05, 4.69) is 23.2 Å². The van der Waals surface area contributed by atoms with E-state index >= 15 is 0 Å². The van der Waals surface area contributed by atoms with Gasteiger partial charge in [0.15, 0.2) is 0 Å². The summed E-state index contributed by atoms with van der Waals surface area (Å²) in [6.45, 7) is 7.75. The van der Waals surface area contributed by atoms with Crippen LogP contribution in [0.25, 0.3) is 0 Å². The number of halogens is 1. The summed E-state index contributed by atoms with van der Waals surface area (Å²) >= 11 is 6.18. The molecular formula is C16H25ClN2O. The fourth-order valence-corrected chi connectivity index (χ4v) is 3.04. The zero-order valence-electron chi connectivity index (χ0n) is 12.5. The van der Waals surface area contributed by atoms with Gasteiger partial charge in [-0.05, 0) is 62.6 Å². The van der Waals surface area contributed by atoms with Crippen LogP contribution in [0, 0.1) is 5.92 Å². The molecule has 0 radical (unpaired) electrons. The summed E-state index contributed by atoms with van der Waals surface area (Å²) in [6, 6.07) is 6.08. The lowest BCUT2D eigenvalue weighted by Crippen LogP contribution is -2.36. The largest absolute Gasteiger partial charge is 0.495 e. The Morgan fingerprint density at radius 1 is 1.35 bits per heavy atom. The van der Waals surface area contributed by atoms with Crippen LogP contribution in [0.3, 0.4) is 0 Å². The second-order valence-corrected chi connectivity index (χ2v) is 5.90. The van der Waals surface area contributed by atoms with E-state index in [4.69, 9.17) is 16.3 Å². The number of benzene rings is 1. The van der Waals surface area contributed by atoms with E-state index in [-0.39, 0.29) is 0 Å². The van der Waals surface area contributed by atoms with Crippen LogP contribution in [-0.4, -0.2) is 38.2 Å². The summed E-state index contributed by atoms with van der Waals surface area (Å²) in [5, 5.41) is 4.15. The Labute approximate surface area is 127 Å². The second kappa shape index (κ2) is 7.87. The molecule has 0 spiro atoms. The first kappa shape index (κ1) is 15.6. The van der Waals surface area contributed by atoms with E-state index in [1.807, 2.05) is 12.1 Å². The summed E-state index contributed by atoms with van der Waals surface area (Å²) in [7, 11) is 1.65. The standard InChI is InChI=1S/C16H25ClN2O/c1-3-18-11-13-6-8-19(9-7-13)12-14-4-5-16(20-2)15(17)10-14/h4-5,10,13,18H,3,6-9,11-12H2,1-2H3. The van der Waals surface area contributed by atoms with Crippen LogP contribution >= 0.6 is 11.6 Å². The summed E-state index contributed by atoms with van der Waals surface area (Å²) in [6.07, 6.45) is 2.58. The van der Waals surface area contributed by atoms with Crippen molar-refractivity contribution < 1.29 is 4.74 Å². The molecule has 1 aliphatic rings. The summed E-state index contributed by atoms with van der Waals surface area (Å²) in [5.41, 5.74) is 1.26. The van der Waals surface area contributed by atoms with Crippen molar-refractivity contribution in [2.24, 2.45) is 5.92 Å². The first-order chi connectivity index (χ1) is 9.72. The number of piperidine rings is 1. The molecule has 1 aromatic carbocycles. The summed E-state index contributed by atoms with van der Waals surface area (Å²) in [5.74, 6) is 1.59. The molecule has 4 heteroatoms. The number of likely N-dealkylation sites (tertiary alicyclic amines) is 1. The van der Waals surface area contributed by atoms with E-state index in [0.29, 0.717) is 5.02 Å². The predicted octanol–water partition coefficient (Wildman–Crippen LogP) is 3.17. The van der Waals surface area contributed by atoms with Gasteiger partial charge in [0.1, 0.15) is 5.75 Å². The number of hydrogen-bond acceptors (Lipinski definition) is 3. The average Bonchev–Trinajstić information content (AvgIpc) is 2.47. The van der Waals surface area contributed by atoms with Crippen molar-refractivity contribution in [2.75, 3.05) is 33.3 Å². The van der Waals surface area contributed by atoms with Crippen molar-refractivity contribution in [3.8, 4) is 5.75 Å². The zero-order valence-corrected chi connectivity index (χ0v) is 13.2. The monoisotopic (exact) mass is 296 g/mol. The minimum Gasteiger partial charge on any atom is -0.495 e. The topological polar surface area (TPSA) is 24.5 Å². The highest BCUT2D eigenvalue weighted by atomic mass is 35.5. The Hall–Kier alpha value is -0.770. The molecule has 1 aliphatic heterocycles. The highest BCUT2D eigenvalue weighted by molar-refractivity contribution is 6.32. The fourth-order valence-electron chi connectivity index (χ4n) is 2.76. The molecule has 2 rings (SSSR count). The number of rotatable bonds is 6. The first-order valence-corrected chi connectivity index (χ1v) is 7.86. The molecule has 20 heavy (non-hydrogen) atoms. The Balaban J connectivity index is 1.82. The van der Waals surface area contributed by atoms with Gasteiger partial charge >= 0.3 is 0 Å². The van der Waals surface area contributed by atoms with Crippen molar-refractivity contribution in [1.29, 1.82) is 0 Å². The molecule has 1 saturated heterocycles. The molecular weight excluding hydrogens is 272 g/mol. The van der Waals surface area contributed by atoms with E-state index in [9.17, 15) is 0 Å². The van der Waals surface area contributed by atoms with E-state index < -0.39 is 0 Å². The number of ether oxygens (including phenoxy) is 1. The van der Waals surface area contributed by atoms with Crippen LogP contribution in [-0.2, 0) is 6.54 Å². The highest BCUT2D eigenvalue weighted by Gasteiger charge is 2.18. The van der Waals surface area contributed by atoms with Crippen molar-refractivity contribution in [3.05, 3.63) is 28.8 Å². The van der Waals surface area contributed by atoms with Crippen LogP contribution in [0.4, 0.5) is 0 Å². The predicted molar refractivity (Wildman–Crippen MR) is 84.5 cm³/mol. The van der Waals surface area contributed by atoms with Gasteiger partial charge in [-0.25, -0.2) is 0 Å². The van der Waals surface area contributed by atoms with Gasteiger partial charge in [-0.2, -0.15) is 0 Å². The number of methoxy groups -OCH3 is 1. The molecule has 0 saturated carbocycles. The van der Waals surface area contributed by atoms with Gasteiger partial charge in [-0.15, -0.1) is 0 Å². The lowest BCUT2D eigenvalue weighted by atomic mass is 9.96. The third-order valence-corrected chi connectivity index (χ3v) is 4.31. The number of nitrogens with zero attached hydrogens (tertiary/aromatic N) is 1. The van der Waals surface area contributed by atoms with Crippen LogP contribution in [0.1, 0.15) is 25.3 Å². The average molecular weight is 297 g/mol. The lowest BCUT2D eigenvalue weighted by molar-refractivity contribution is 0.176. The SMILES string of the molecule is CCNCC1CCN(Cc2ccc(OC)c(Cl)c2)CC1. The zero-order chi connectivity index (χ0) is 14.4. The molecule has 1 N–H and O–H groups in total.